The summed E-state index contributed by atoms with van der Waals surface area (Å²) in [4.78, 5) is 11.5. The van der Waals surface area contributed by atoms with Crippen LogP contribution in [-0.4, -0.2) is 42.4 Å². The Kier molecular flexibility index (Phi) is 5.63. The first-order valence-electron chi connectivity index (χ1n) is 10.1. The van der Waals surface area contributed by atoms with E-state index in [1.54, 1.807) is 23.4 Å². The fraction of sp³-hybridized carbons (Fsp3) is 0.227. The minimum Gasteiger partial charge on any atom is -0.369 e. The van der Waals surface area contributed by atoms with Gasteiger partial charge in [-0.15, -0.1) is 0 Å². The third kappa shape index (κ3) is 4.30. The van der Waals surface area contributed by atoms with Crippen molar-refractivity contribution in [2.75, 3.05) is 41.4 Å². The van der Waals surface area contributed by atoms with E-state index in [-0.39, 0.29) is 0 Å². The number of para-hydroxylation sites is 1. The van der Waals surface area contributed by atoms with Crippen LogP contribution in [0, 0.1) is 0 Å². The third-order valence-corrected chi connectivity index (χ3v) is 5.95. The summed E-state index contributed by atoms with van der Waals surface area (Å²) in [5.74, 6) is 0.532. The molecule has 7 nitrogen and oxygen atoms in total. The van der Waals surface area contributed by atoms with Gasteiger partial charge in [-0.1, -0.05) is 29.3 Å². The maximum atomic E-state index is 6.32. The van der Waals surface area contributed by atoms with E-state index in [0.717, 1.165) is 43.1 Å². The van der Waals surface area contributed by atoms with Crippen LogP contribution in [0.25, 0.3) is 0 Å². The zero-order chi connectivity index (χ0) is 21.2. The van der Waals surface area contributed by atoms with E-state index in [2.05, 4.69) is 54.9 Å². The molecule has 5 rings (SSSR count). The molecule has 9 heteroatoms. The van der Waals surface area contributed by atoms with Crippen molar-refractivity contribution >= 4 is 52.4 Å². The molecule has 0 aliphatic carbocycles. The van der Waals surface area contributed by atoms with Crippen molar-refractivity contribution in [3.8, 4) is 0 Å². The zero-order valence-corrected chi connectivity index (χ0v) is 18.2. The normalized spacial score (nSPS) is 15.7. The zero-order valence-electron chi connectivity index (χ0n) is 16.7. The second kappa shape index (κ2) is 8.70. The fourth-order valence-corrected chi connectivity index (χ4v) is 4.31. The largest absolute Gasteiger partial charge is 0.369 e. The number of hydrogen-bond donors (Lipinski definition) is 2. The van der Waals surface area contributed by atoms with Crippen molar-refractivity contribution in [1.29, 1.82) is 0 Å². The lowest BCUT2D eigenvalue weighted by Gasteiger charge is -2.29. The SMILES string of the molecule is Clc1cccc(Cl)c1N1Cc2cnc(Nc3ccc(N4CCNCC4)cc3)nc2C=N1. The standard InChI is InChI=1S/C22H21Cl2N7/c23-18-2-1-3-19(24)21(18)31-14-15-12-26-22(29-20(15)13-27-31)28-16-4-6-17(7-5-16)30-10-8-25-9-11-30/h1-7,12-13,25H,8-11,14H2,(H,26,28,29). The number of hydrazone groups is 1. The highest BCUT2D eigenvalue weighted by Crippen LogP contribution is 2.35. The fourth-order valence-electron chi connectivity index (χ4n) is 3.72. The molecule has 2 aliphatic heterocycles. The molecule has 0 spiro atoms. The van der Waals surface area contributed by atoms with Gasteiger partial charge in [0.1, 0.15) is 0 Å². The van der Waals surface area contributed by atoms with E-state index < -0.39 is 0 Å². The van der Waals surface area contributed by atoms with Crippen LogP contribution in [0.4, 0.5) is 23.0 Å². The highest BCUT2D eigenvalue weighted by atomic mass is 35.5. The summed E-state index contributed by atoms with van der Waals surface area (Å²) in [5.41, 5.74) is 4.57. The van der Waals surface area contributed by atoms with Gasteiger partial charge in [0, 0.05) is 49.3 Å². The average Bonchev–Trinajstić information content (AvgIpc) is 2.80. The minimum atomic E-state index is 0.495. The highest BCUT2D eigenvalue weighted by molar-refractivity contribution is 6.39. The number of anilines is 4. The number of nitrogens with one attached hydrogen (secondary N) is 2. The first-order valence-corrected chi connectivity index (χ1v) is 10.9. The number of benzene rings is 2. The lowest BCUT2D eigenvalue weighted by atomic mass is 10.2. The maximum absolute atomic E-state index is 6.32. The molecule has 0 bridgehead atoms. The molecule has 0 saturated carbocycles. The average molecular weight is 454 g/mol. The van der Waals surface area contributed by atoms with Crippen molar-refractivity contribution in [2.45, 2.75) is 6.54 Å². The van der Waals surface area contributed by atoms with Crippen LogP contribution >= 0.6 is 23.2 Å². The molecule has 0 unspecified atom stereocenters. The number of fused-ring (bicyclic) bond motifs is 1. The number of aromatic nitrogens is 2. The summed E-state index contributed by atoms with van der Waals surface area (Å²) in [6, 6.07) is 13.8. The van der Waals surface area contributed by atoms with E-state index in [9.17, 15) is 0 Å². The monoisotopic (exact) mass is 453 g/mol. The Bertz CT molecular complexity index is 1090. The van der Waals surface area contributed by atoms with E-state index in [1.165, 1.54) is 5.69 Å². The highest BCUT2D eigenvalue weighted by Gasteiger charge is 2.20. The van der Waals surface area contributed by atoms with Crippen LogP contribution in [0.2, 0.25) is 10.0 Å². The van der Waals surface area contributed by atoms with Crippen molar-refractivity contribution in [1.82, 2.24) is 15.3 Å². The molecular formula is C22H21Cl2N7. The van der Waals surface area contributed by atoms with Gasteiger partial charge < -0.3 is 15.5 Å². The Morgan fingerprint density at radius 3 is 2.45 bits per heavy atom. The molecule has 3 aromatic rings. The molecular weight excluding hydrogens is 433 g/mol. The third-order valence-electron chi connectivity index (χ3n) is 5.34. The second-order valence-electron chi connectivity index (χ2n) is 7.39. The van der Waals surface area contributed by atoms with Crippen LogP contribution in [0.1, 0.15) is 11.3 Å². The first-order chi connectivity index (χ1) is 15.2. The molecule has 2 aliphatic rings. The van der Waals surface area contributed by atoms with E-state index in [0.29, 0.717) is 28.2 Å². The number of piperazine rings is 1. The van der Waals surface area contributed by atoms with Crippen LogP contribution in [0.3, 0.4) is 0 Å². The summed E-state index contributed by atoms with van der Waals surface area (Å²) in [5, 5.41) is 14.0. The number of hydrogen-bond acceptors (Lipinski definition) is 7. The number of halogens is 2. The van der Waals surface area contributed by atoms with Gasteiger partial charge >= 0.3 is 0 Å². The second-order valence-corrected chi connectivity index (χ2v) is 8.20. The van der Waals surface area contributed by atoms with Gasteiger partial charge in [0.2, 0.25) is 5.95 Å². The Morgan fingerprint density at radius 2 is 1.71 bits per heavy atom. The molecule has 2 N–H and O–H groups in total. The summed E-state index contributed by atoms with van der Waals surface area (Å²) in [6.45, 7) is 4.58. The van der Waals surface area contributed by atoms with Gasteiger partial charge in [0.15, 0.2) is 0 Å². The molecule has 1 fully saturated rings. The van der Waals surface area contributed by atoms with E-state index in [1.807, 2.05) is 12.3 Å². The van der Waals surface area contributed by atoms with Crippen LogP contribution in [0.5, 0.6) is 0 Å². The smallest absolute Gasteiger partial charge is 0.227 e. The van der Waals surface area contributed by atoms with Crippen molar-refractivity contribution in [3.63, 3.8) is 0 Å². The van der Waals surface area contributed by atoms with Gasteiger partial charge in [0.25, 0.3) is 0 Å². The van der Waals surface area contributed by atoms with Gasteiger partial charge in [-0.3, -0.25) is 5.01 Å². The van der Waals surface area contributed by atoms with Crippen molar-refractivity contribution in [3.05, 3.63) is 70.0 Å². The Balaban J connectivity index is 1.30. The van der Waals surface area contributed by atoms with Gasteiger partial charge in [-0.25, -0.2) is 9.97 Å². The Morgan fingerprint density at radius 1 is 0.968 bits per heavy atom. The molecule has 0 radical (unpaired) electrons. The quantitative estimate of drug-likeness (QED) is 0.613. The topological polar surface area (TPSA) is 68.7 Å². The summed E-state index contributed by atoms with van der Waals surface area (Å²) in [7, 11) is 0. The van der Waals surface area contributed by atoms with Crippen LogP contribution in [-0.2, 0) is 6.54 Å². The molecule has 0 amide bonds. The number of rotatable bonds is 4. The summed E-state index contributed by atoms with van der Waals surface area (Å²) in [6.07, 6.45) is 3.52. The summed E-state index contributed by atoms with van der Waals surface area (Å²) < 4.78 is 0. The van der Waals surface area contributed by atoms with E-state index in [4.69, 9.17) is 23.2 Å². The lowest BCUT2D eigenvalue weighted by Crippen LogP contribution is -2.43. The van der Waals surface area contributed by atoms with Gasteiger partial charge in [-0.05, 0) is 36.4 Å². The number of nitrogens with zero attached hydrogens (tertiary/aromatic N) is 5. The molecule has 3 heterocycles. The van der Waals surface area contributed by atoms with Crippen LogP contribution < -0.4 is 20.5 Å². The van der Waals surface area contributed by atoms with E-state index >= 15 is 0 Å². The molecule has 0 atom stereocenters. The van der Waals surface area contributed by atoms with Crippen LogP contribution in [0.15, 0.2) is 53.8 Å². The molecule has 1 saturated heterocycles. The molecule has 158 valence electrons. The minimum absolute atomic E-state index is 0.495. The predicted octanol–water partition coefficient (Wildman–Crippen LogP) is 4.29. The first kappa shape index (κ1) is 20.1. The summed E-state index contributed by atoms with van der Waals surface area (Å²) >= 11 is 12.6. The van der Waals surface area contributed by atoms with Crippen molar-refractivity contribution < 1.29 is 0 Å². The molecule has 1 aromatic heterocycles. The molecule has 2 aromatic carbocycles. The Hall–Kier alpha value is -2.87. The predicted molar refractivity (Wildman–Crippen MR) is 127 cm³/mol. The Labute approximate surface area is 190 Å². The lowest BCUT2D eigenvalue weighted by molar-refractivity contribution is 0.589. The molecule has 31 heavy (non-hydrogen) atoms. The maximum Gasteiger partial charge on any atom is 0.227 e. The van der Waals surface area contributed by atoms with Gasteiger partial charge in [0.05, 0.1) is 34.2 Å². The van der Waals surface area contributed by atoms with Crippen molar-refractivity contribution in [2.24, 2.45) is 5.10 Å². The van der Waals surface area contributed by atoms with Gasteiger partial charge in [-0.2, -0.15) is 5.10 Å².